The van der Waals surface area contributed by atoms with Crippen LogP contribution < -0.4 is 5.32 Å². The minimum atomic E-state index is -0.738. The van der Waals surface area contributed by atoms with E-state index in [0.29, 0.717) is 18.9 Å². The Balaban J connectivity index is 2.51. The number of rotatable bonds is 7. The number of carbonyl (C=O) groups is 2. The number of carbonyl (C=O) groups excluding carboxylic acids is 1. The van der Waals surface area contributed by atoms with Crippen molar-refractivity contribution in [3.05, 3.63) is 0 Å². The Bertz CT molecular complexity index is 342. The van der Waals surface area contributed by atoms with E-state index >= 15 is 0 Å². The largest absolute Gasteiger partial charge is 0.481 e. The highest BCUT2D eigenvalue weighted by Crippen LogP contribution is 2.24. The normalized spacial score (nSPS) is 22.1. The van der Waals surface area contributed by atoms with Gasteiger partial charge >= 0.3 is 12.0 Å². The average Bonchev–Trinajstić information content (AvgIpc) is 2.48. The standard InChI is InChI=1S/C16H30N2O3/c1-4-12(5-2)11-18(6-3)16(21)17-14-9-7-8-13(10-14)15(19)20/h12-14H,4-11H2,1-3H3,(H,17,21)(H,19,20). The zero-order chi connectivity index (χ0) is 15.8. The molecule has 0 aromatic carbocycles. The predicted octanol–water partition coefficient (Wildman–Crippen LogP) is 3.10. The highest BCUT2D eigenvalue weighted by molar-refractivity contribution is 5.75. The van der Waals surface area contributed by atoms with Gasteiger partial charge in [-0.1, -0.05) is 33.1 Å². The van der Waals surface area contributed by atoms with E-state index in [1.807, 2.05) is 11.8 Å². The molecule has 0 bridgehead atoms. The first kappa shape index (κ1) is 17.8. The van der Waals surface area contributed by atoms with Crippen LogP contribution in [0.3, 0.4) is 0 Å². The molecule has 0 radical (unpaired) electrons. The van der Waals surface area contributed by atoms with Gasteiger partial charge in [0.2, 0.25) is 0 Å². The molecule has 122 valence electrons. The van der Waals surface area contributed by atoms with Gasteiger partial charge in [-0.25, -0.2) is 4.79 Å². The lowest BCUT2D eigenvalue weighted by molar-refractivity contribution is -0.143. The summed E-state index contributed by atoms with van der Waals surface area (Å²) in [6.07, 6.45) is 5.20. The first-order chi connectivity index (χ1) is 10.0. The second-order valence-electron chi connectivity index (χ2n) is 6.07. The maximum absolute atomic E-state index is 12.4. The summed E-state index contributed by atoms with van der Waals surface area (Å²) in [6, 6.07) is -0.0384. The van der Waals surface area contributed by atoms with E-state index in [2.05, 4.69) is 19.2 Å². The number of nitrogens with zero attached hydrogens (tertiary/aromatic N) is 1. The van der Waals surface area contributed by atoms with Crippen molar-refractivity contribution in [1.82, 2.24) is 10.2 Å². The van der Waals surface area contributed by atoms with Crippen molar-refractivity contribution < 1.29 is 14.7 Å². The minimum Gasteiger partial charge on any atom is -0.481 e. The van der Waals surface area contributed by atoms with E-state index < -0.39 is 5.97 Å². The Morgan fingerprint density at radius 2 is 1.90 bits per heavy atom. The Hall–Kier alpha value is -1.26. The van der Waals surface area contributed by atoms with Gasteiger partial charge in [-0.3, -0.25) is 4.79 Å². The molecule has 0 aromatic heterocycles. The summed E-state index contributed by atoms with van der Waals surface area (Å²) in [6.45, 7) is 7.77. The van der Waals surface area contributed by atoms with Crippen LogP contribution in [0.15, 0.2) is 0 Å². The zero-order valence-electron chi connectivity index (χ0n) is 13.6. The number of aliphatic carboxylic acids is 1. The number of carboxylic acids is 1. The van der Waals surface area contributed by atoms with Crippen LogP contribution in [0.25, 0.3) is 0 Å². The van der Waals surface area contributed by atoms with E-state index in [1.165, 1.54) is 0 Å². The van der Waals surface area contributed by atoms with Gasteiger partial charge in [0.15, 0.2) is 0 Å². The summed E-state index contributed by atoms with van der Waals surface area (Å²) in [7, 11) is 0. The molecule has 21 heavy (non-hydrogen) atoms. The van der Waals surface area contributed by atoms with E-state index in [-0.39, 0.29) is 18.0 Å². The highest BCUT2D eigenvalue weighted by Gasteiger charge is 2.28. The van der Waals surface area contributed by atoms with Gasteiger partial charge in [0, 0.05) is 19.1 Å². The number of hydrogen-bond acceptors (Lipinski definition) is 2. The monoisotopic (exact) mass is 298 g/mol. The molecule has 0 spiro atoms. The summed E-state index contributed by atoms with van der Waals surface area (Å²) >= 11 is 0. The van der Waals surface area contributed by atoms with Gasteiger partial charge in [-0.2, -0.15) is 0 Å². The van der Waals surface area contributed by atoms with Crippen LogP contribution in [0.4, 0.5) is 4.79 Å². The molecular weight excluding hydrogens is 268 g/mol. The van der Waals surface area contributed by atoms with Crippen molar-refractivity contribution in [2.24, 2.45) is 11.8 Å². The van der Waals surface area contributed by atoms with Crippen molar-refractivity contribution >= 4 is 12.0 Å². The van der Waals surface area contributed by atoms with Crippen LogP contribution in [-0.4, -0.2) is 41.1 Å². The van der Waals surface area contributed by atoms with Gasteiger partial charge in [0.05, 0.1) is 5.92 Å². The molecular formula is C16H30N2O3. The van der Waals surface area contributed by atoms with Crippen molar-refractivity contribution in [1.29, 1.82) is 0 Å². The predicted molar refractivity (Wildman–Crippen MR) is 83.2 cm³/mol. The summed E-state index contributed by atoms with van der Waals surface area (Å²) < 4.78 is 0. The number of hydrogen-bond donors (Lipinski definition) is 2. The Morgan fingerprint density at radius 3 is 2.43 bits per heavy atom. The quantitative estimate of drug-likeness (QED) is 0.759. The molecule has 2 atom stereocenters. The molecule has 1 saturated carbocycles. The minimum absolute atomic E-state index is 0.00287. The van der Waals surface area contributed by atoms with Crippen LogP contribution in [0, 0.1) is 11.8 Å². The molecule has 0 heterocycles. The first-order valence-electron chi connectivity index (χ1n) is 8.29. The molecule has 0 aromatic rings. The topological polar surface area (TPSA) is 69.6 Å². The lowest BCUT2D eigenvalue weighted by atomic mass is 9.86. The molecule has 2 N–H and O–H groups in total. The van der Waals surface area contributed by atoms with Crippen LogP contribution in [0.5, 0.6) is 0 Å². The second kappa shape index (κ2) is 8.90. The molecule has 5 nitrogen and oxygen atoms in total. The molecule has 1 aliphatic rings. The fourth-order valence-electron chi connectivity index (χ4n) is 3.03. The molecule has 1 aliphatic carbocycles. The van der Waals surface area contributed by atoms with E-state index in [4.69, 9.17) is 5.11 Å². The Labute approximate surface area is 128 Å². The lowest BCUT2D eigenvalue weighted by Gasteiger charge is -2.31. The van der Waals surface area contributed by atoms with E-state index in [0.717, 1.165) is 38.6 Å². The first-order valence-corrected chi connectivity index (χ1v) is 8.29. The summed E-state index contributed by atoms with van der Waals surface area (Å²) in [5.41, 5.74) is 0. The lowest BCUT2D eigenvalue weighted by Crippen LogP contribution is -2.48. The third-order valence-electron chi connectivity index (χ3n) is 4.65. The van der Waals surface area contributed by atoms with Crippen molar-refractivity contribution in [3.8, 4) is 0 Å². The number of carboxylic acid groups (broad SMARTS) is 1. The third-order valence-corrected chi connectivity index (χ3v) is 4.65. The molecule has 0 aliphatic heterocycles. The average molecular weight is 298 g/mol. The summed E-state index contributed by atoms with van der Waals surface area (Å²) in [4.78, 5) is 25.3. The van der Waals surface area contributed by atoms with Gasteiger partial charge in [0.1, 0.15) is 0 Å². The van der Waals surface area contributed by atoms with E-state index in [1.54, 1.807) is 0 Å². The van der Waals surface area contributed by atoms with Crippen LogP contribution in [0.1, 0.15) is 59.3 Å². The van der Waals surface area contributed by atoms with Crippen molar-refractivity contribution in [2.45, 2.75) is 65.3 Å². The van der Waals surface area contributed by atoms with Crippen LogP contribution in [-0.2, 0) is 4.79 Å². The molecule has 2 unspecified atom stereocenters. The maximum atomic E-state index is 12.4. The fraction of sp³-hybridized carbons (Fsp3) is 0.875. The molecule has 2 amide bonds. The van der Waals surface area contributed by atoms with Crippen molar-refractivity contribution in [2.75, 3.05) is 13.1 Å². The molecule has 5 heteroatoms. The number of amides is 2. The second-order valence-corrected chi connectivity index (χ2v) is 6.07. The van der Waals surface area contributed by atoms with Gasteiger partial charge < -0.3 is 15.3 Å². The maximum Gasteiger partial charge on any atom is 0.317 e. The summed E-state index contributed by atoms with van der Waals surface area (Å²) in [5.74, 6) is -0.509. The fourth-order valence-corrected chi connectivity index (χ4v) is 3.03. The van der Waals surface area contributed by atoms with Crippen LogP contribution >= 0.6 is 0 Å². The van der Waals surface area contributed by atoms with Gasteiger partial charge in [-0.15, -0.1) is 0 Å². The smallest absolute Gasteiger partial charge is 0.317 e. The zero-order valence-corrected chi connectivity index (χ0v) is 13.6. The Kier molecular flexibility index (Phi) is 7.54. The molecule has 1 rings (SSSR count). The SMILES string of the molecule is CCC(CC)CN(CC)C(=O)NC1CCCC(C(=O)O)C1. The number of urea groups is 1. The summed E-state index contributed by atoms with van der Waals surface area (Å²) in [5, 5.41) is 12.1. The van der Waals surface area contributed by atoms with Crippen molar-refractivity contribution in [3.63, 3.8) is 0 Å². The van der Waals surface area contributed by atoms with Gasteiger partial charge in [0.25, 0.3) is 0 Å². The number of nitrogens with one attached hydrogen (secondary N) is 1. The third kappa shape index (κ3) is 5.56. The molecule has 1 fully saturated rings. The molecule has 0 saturated heterocycles. The van der Waals surface area contributed by atoms with Crippen LogP contribution in [0.2, 0.25) is 0 Å². The Morgan fingerprint density at radius 1 is 1.24 bits per heavy atom. The highest BCUT2D eigenvalue weighted by atomic mass is 16.4. The van der Waals surface area contributed by atoms with Gasteiger partial charge in [-0.05, 0) is 32.1 Å². The van der Waals surface area contributed by atoms with E-state index in [9.17, 15) is 9.59 Å².